The van der Waals surface area contributed by atoms with E-state index in [1.807, 2.05) is 0 Å². The molecular weight excluding hydrogens is 416 g/mol. The van der Waals surface area contributed by atoms with Gasteiger partial charge in [-0.3, -0.25) is 19.7 Å². The van der Waals surface area contributed by atoms with E-state index in [0.717, 1.165) is 0 Å². The molecule has 0 aliphatic carbocycles. The second-order valence-electron chi connectivity index (χ2n) is 7.47. The Hall–Kier alpha value is -3.66. The number of nitrogens with one attached hydrogen (secondary N) is 1. The van der Waals surface area contributed by atoms with Gasteiger partial charge in [-0.25, -0.2) is 0 Å². The molecule has 2 aliphatic heterocycles. The number of carbonyl (C=O) groups excluding carboxylic acids is 2. The number of anilines is 2. The van der Waals surface area contributed by atoms with Crippen LogP contribution in [0.25, 0.3) is 0 Å². The topological polar surface area (TPSA) is 114 Å². The summed E-state index contributed by atoms with van der Waals surface area (Å²) in [7, 11) is 0. The fraction of sp³-hybridized carbons (Fsp3) is 0.364. The Kier molecular flexibility index (Phi) is 6.50. The third-order valence-corrected chi connectivity index (χ3v) is 5.43. The quantitative estimate of drug-likeness (QED) is 0.540. The highest BCUT2D eigenvalue weighted by atomic mass is 16.6. The summed E-state index contributed by atoms with van der Waals surface area (Å²) in [6, 6.07) is 13.4. The van der Waals surface area contributed by atoms with E-state index in [-0.39, 0.29) is 37.0 Å². The lowest BCUT2D eigenvalue weighted by Gasteiger charge is -2.37. The van der Waals surface area contributed by atoms with Gasteiger partial charge in [-0.2, -0.15) is 0 Å². The standard InChI is InChI=1S/C22H24N4O6/c27-21(9-10-23-16-5-1-2-6-17(16)26(29)30)25-15-20(22(28)24-11-13-31-14-12-24)32-19-8-4-3-7-18(19)25/h1-8,20,23H,9-15H2. The van der Waals surface area contributed by atoms with Crippen LogP contribution in [-0.2, 0) is 14.3 Å². The lowest BCUT2D eigenvalue weighted by Crippen LogP contribution is -2.54. The van der Waals surface area contributed by atoms with Gasteiger partial charge in [0.15, 0.2) is 6.10 Å². The normalized spacial score (nSPS) is 17.8. The maximum absolute atomic E-state index is 13.1. The van der Waals surface area contributed by atoms with Crippen molar-refractivity contribution >= 4 is 28.9 Å². The maximum atomic E-state index is 13.1. The Bertz CT molecular complexity index is 1010. The molecule has 2 heterocycles. The smallest absolute Gasteiger partial charge is 0.292 e. The van der Waals surface area contributed by atoms with Crippen LogP contribution in [0.4, 0.5) is 17.1 Å². The summed E-state index contributed by atoms with van der Waals surface area (Å²) in [6.45, 7) is 2.27. The molecule has 10 heteroatoms. The first-order valence-electron chi connectivity index (χ1n) is 10.4. The molecule has 0 aromatic heterocycles. The highest BCUT2D eigenvalue weighted by Crippen LogP contribution is 2.34. The number of rotatable bonds is 6. The third kappa shape index (κ3) is 4.65. The van der Waals surface area contributed by atoms with Crippen LogP contribution < -0.4 is 15.0 Å². The molecule has 32 heavy (non-hydrogen) atoms. The van der Waals surface area contributed by atoms with Crippen molar-refractivity contribution in [1.29, 1.82) is 0 Å². The number of hydrogen-bond donors (Lipinski definition) is 1. The molecule has 0 bridgehead atoms. The summed E-state index contributed by atoms with van der Waals surface area (Å²) in [4.78, 5) is 40.0. The lowest BCUT2D eigenvalue weighted by molar-refractivity contribution is -0.384. The van der Waals surface area contributed by atoms with Crippen molar-refractivity contribution in [2.45, 2.75) is 12.5 Å². The number of carbonyl (C=O) groups is 2. The van der Waals surface area contributed by atoms with Crippen LogP contribution in [0.3, 0.4) is 0 Å². The number of benzene rings is 2. The largest absolute Gasteiger partial charge is 0.476 e. The lowest BCUT2D eigenvalue weighted by atomic mass is 10.1. The molecular formula is C22H24N4O6. The van der Waals surface area contributed by atoms with Crippen molar-refractivity contribution in [1.82, 2.24) is 4.90 Å². The zero-order valence-corrected chi connectivity index (χ0v) is 17.4. The van der Waals surface area contributed by atoms with Crippen LogP contribution in [0.5, 0.6) is 5.75 Å². The molecule has 0 spiro atoms. The first-order chi connectivity index (χ1) is 15.5. The summed E-state index contributed by atoms with van der Waals surface area (Å²) in [6.07, 6.45) is -0.700. The molecule has 168 valence electrons. The molecule has 0 saturated carbocycles. The van der Waals surface area contributed by atoms with E-state index in [1.165, 1.54) is 6.07 Å². The predicted molar refractivity (Wildman–Crippen MR) is 117 cm³/mol. The maximum Gasteiger partial charge on any atom is 0.292 e. The van der Waals surface area contributed by atoms with Gasteiger partial charge in [-0.05, 0) is 18.2 Å². The zero-order valence-electron chi connectivity index (χ0n) is 17.4. The Balaban J connectivity index is 1.44. The SMILES string of the molecule is O=C(C1CN(C(=O)CCNc2ccccc2[N+](=O)[O-])c2ccccc2O1)N1CCOCC1. The average Bonchev–Trinajstić information content (AvgIpc) is 2.83. The molecule has 1 fully saturated rings. The monoisotopic (exact) mass is 440 g/mol. The molecule has 2 aromatic carbocycles. The number of para-hydroxylation sites is 4. The van der Waals surface area contributed by atoms with Crippen LogP contribution in [0, 0.1) is 10.1 Å². The Morgan fingerprint density at radius 2 is 1.81 bits per heavy atom. The second-order valence-corrected chi connectivity index (χ2v) is 7.47. The van der Waals surface area contributed by atoms with E-state index in [1.54, 1.807) is 52.3 Å². The Morgan fingerprint density at radius 3 is 2.59 bits per heavy atom. The number of ether oxygens (including phenoxy) is 2. The van der Waals surface area contributed by atoms with E-state index < -0.39 is 11.0 Å². The number of nitrogens with zero attached hydrogens (tertiary/aromatic N) is 3. The van der Waals surface area contributed by atoms with Gasteiger partial charge >= 0.3 is 0 Å². The molecule has 0 radical (unpaired) electrons. The second kappa shape index (κ2) is 9.65. The zero-order chi connectivity index (χ0) is 22.5. The van der Waals surface area contributed by atoms with Crippen molar-refractivity contribution in [3.8, 4) is 5.75 Å². The first kappa shape index (κ1) is 21.6. The van der Waals surface area contributed by atoms with E-state index in [0.29, 0.717) is 43.4 Å². The van der Waals surface area contributed by atoms with Crippen molar-refractivity contribution in [2.75, 3.05) is 49.6 Å². The number of hydrogen-bond acceptors (Lipinski definition) is 7. The number of nitro groups is 1. The van der Waals surface area contributed by atoms with Gasteiger partial charge in [0.2, 0.25) is 5.91 Å². The van der Waals surface area contributed by atoms with Crippen molar-refractivity contribution in [3.05, 3.63) is 58.6 Å². The highest BCUT2D eigenvalue weighted by Gasteiger charge is 2.36. The van der Waals surface area contributed by atoms with Crippen LogP contribution in [0.15, 0.2) is 48.5 Å². The Labute approximate surface area is 184 Å². The van der Waals surface area contributed by atoms with Crippen LogP contribution in [-0.4, -0.2) is 67.1 Å². The molecule has 1 unspecified atom stereocenters. The van der Waals surface area contributed by atoms with Crippen LogP contribution in [0.1, 0.15) is 6.42 Å². The van der Waals surface area contributed by atoms with E-state index in [9.17, 15) is 19.7 Å². The number of fused-ring (bicyclic) bond motifs is 1. The molecule has 2 aliphatic rings. The summed E-state index contributed by atoms with van der Waals surface area (Å²) >= 11 is 0. The van der Waals surface area contributed by atoms with Gasteiger partial charge in [-0.1, -0.05) is 24.3 Å². The van der Waals surface area contributed by atoms with Crippen molar-refractivity contribution in [2.24, 2.45) is 0 Å². The van der Waals surface area contributed by atoms with Crippen molar-refractivity contribution in [3.63, 3.8) is 0 Å². The fourth-order valence-electron chi connectivity index (χ4n) is 3.81. The molecule has 1 N–H and O–H groups in total. The molecule has 2 aromatic rings. The molecule has 1 atom stereocenters. The Morgan fingerprint density at radius 1 is 1.09 bits per heavy atom. The third-order valence-electron chi connectivity index (χ3n) is 5.43. The minimum Gasteiger partial charge on any atom is -0.476 e. The van der Waals surface area contributed by atoms with Gasteiger partial charge in [0.05, 0.1) is 30.4 Å². The highest BCUT2D eigenvalue weighted by molar-refractivity contribution is 5.97. The van der Waals surface area contributed by atoms with Gasteiger partial charge in [0.1, 0.15) is 11.4 Å². The van der Waals surface area contributed by atoms with E-state index in [2.05, 4.69) is 5.32 Å². The number of morpholine rings is 1. The first-order valence-corrected chi connectivity index (χ1v) is 10.4. The molecule has 1 saturated heterocycles. The van der Waals surface area contributed by atoms with Crippen molar-refractivity contribution < 1.29 is 24.0 Å². The minimum absolute atomic E-state index is 0.0483. The summed E-state index contributed by atoms with van der Waals surface area (Å²) in [5.74, 6) is 0.107. The molecule has 4 rings (SSSR count). The van der Waals surface area contributed by atoms with Crippen LogP contribution >= 0.6 is 0 Å². The predicted octanol–water partition coefficient (Wildman–Crippen LogP) is 2.05. The van der Waals surface area contributed by atoms with Gasteiger partial charge < -0.3 is 24.6 Å². The van der Waals surface area contributed by atoms with Gasteiger partial charge in [0.25, 0.3) is 11.6 Å². The molecule has 10 nitrogen and oxygen atoms in total. The molecule has 2 amide bonds. The summed E-state index contributed by atoms with van der Waals surface area (Å²) < 4.78 is 11.2. The van der Waals surface area contributed by atoms with Gasteiger partial charge in [-0.15, -0.1) is 0 Å². The van der Waals surface area contributed by atoms with Gasteiger partial charge in [0, 0.05) is 32.1 Å². The minimum atomic E-state index is -0.796. The van der Waals surface area contributed by atoms with E-state index in [4.69, 9.17) is 9.47 Å². The number of amides is 2. The number of nitro benzene ring substituents is 1. The fourth-order valence-corrected chi connectivity index (χ4v) is 3.81. The summed E-state index contributed by atoms with van der Waals surface area (Å²) in [5.41, 5.74) is 0.912. The average molecular weight is 440 g/mol. The summed E-state index contributed by atoms with van der Waals surface area (Å²) in [5, 5.41) is 14.1. The van der Waals surface area contributed by atoms with E-state index >= 15 is 0 Å². The van der Waals surface area contributed by atoms with Crippen LogP contribution in [0.2, 0.25) is 0 Å².